The highest BCUT2D eigenvalue weighted by Crippen LogP contribution is 2.26. The van der Waals surface area contributed by atoms with Crippen LogP contribution in [-0.2, 0) is 0 Å². The third-order valence-corrected chi connectivity index (χ3v) is 4.67. The van der Waals surface area contributed by atoms with Gasteiger partial charge in [0.25, 0.3) is 0 Å². The van der Waals surface area contributed by atoms with Crippen LogP contribution in [0.5, 0.6) is 11.6 Å². The van der Waals surface area contributed by atoms with E-state index in [9.17, 15) is 5.21 Å². The Bertz CT molecular complexity index is 815. The largest absolute Gasteiger partial charge is 0.438 e. The molecule has 2 aromatic rings. The number of nitrogens with zero attached hydrogens (tertiary/aromatic N) is 4. The fourth-order valence-electron chi connectivity index (χ4n) is 3.01. The summed E-state index contributed by atoms with van der Waals surface area (Å²) in [5.74, 6) is 1.48. The second kappa shape index (κ2) is 8.88. The smallest absolute Gasteiger partial charge is 0.230 e. The number of rotatable bonds is 5. The molecule has 0 amide bonds. The monoisotopic (exact) mass is 386 g/mol. The summed E-state index contributed by atoms with van der Waals surface area (Å²) in [4.78, 5) is 8.85. The minimum atomic E-state index is 0.402. The third kappa shape index (κ3) is 4.78. The Morgan fingerprint density at radius 3 is 2.56 bits per heavy atom. The molecular formula is C20H23ClN4O2. The first-order valence-corrected chi connectivity index (χ1v) is 9.20. The molecule has 1 fully saturated rings. The molecule has 1 aromatic carbocycles. The van der Waals surface area contributed by atoms with Crippen molar-refractivity contribution < 1.29 is 9.94 Å². The van der Waals surface area contributed by atoms with Crippen molar-refractivity contribution in [2.45, 2.75) is 6.92 Å². The van der Waals surface area contributed by atoms with Crippen LogP contribution >= 0.6 is 11.6 Å². The van der Waals surface area contributed by atoms with Gasteiger partial charge in [0.15, 0.2) is 5.84 Å². The van der Waals surface area contributed by atoms with Crippen LogP contribution < -0.4 is 4.74 Å². The summed E-state index contributed by atoms with van der Waals surface area (Å²) < 4.78 is 5.97. The molecule has 0 radical (unpaired) electrons. The van der Waals surface area contributed by atoms with Crippen molar-refractivity contribution in [3.8, 4) is 11.6 Å². The second-order valence-corrected chi connectivity index (χ2v) is 6.80. The number of ether oxygens (including phenoxy) is 1. The van der Waals surface area contributed by atoms with E-state index in [2.05, 4.69) is 21.6 Å². The molecule has 1 saturated heterocycles. The molecular weight excluding hydrogens is 364 g/mol. The van der Waals surface area contributed by atoms with E-state index in [0.717, 1.165) is 38.4 Å². The summed E-state index contributed by atoms with van der Waals surface area (Å²) in [6, 6.07) is 10.8. The van der Waals surface area contributed by atoms with Crippen LogP contribution in [0.3, 0.4) is 0 Å². The SMILES string of the molecule is C=CCN1CCN(/C(=N\O)c2ccc(C)nc2Oc2ccc(Cl)cc2)CC1. The number of hydrogen-bond acceptors (Lipinski definition) is 5. The zero-order valence-corrected chi connectivity index (χ0v) is 16.1. The predicted molar refractivity (Wildman–Crippen MR) is 107 cm³/mol. The van der Waals surface area contributed by atoms with E-state index in [1.165, 1.54) is 0 Å². The Morgan fingerprint density at radius 2 is 1.93 bits per heavy atom. The van der Waals surface area contributed by atoms with E-state index in [4.69, 9.17) is 16.3 Å². The molecule has 2 heterocycles. The summed E-state index contributed by atoms with van der Waals surface area (Å²) >= 11 is 5.94. The Labute approximate surface area is 164 Å². The van der Waals surface area contributed by atoms with Crippen LogP contribution in [0.1, 0.15) is 11.3 Å². The number of halogens is 1. The van der Waals surface area contributed by atoms with Crippen molar-refractivity contribution in [3.63, 3.8) is 0 Å². The van der Waals surface area contributed by atoms with E-state index < -0.39 is 0 Å². The first-order valence-electron chi connectivity index (χ1n) is 8.82. The summed E-state index contributed by atoms with van der Waals surface area (Å²) in [7, 11) is 0. The van der Waals surface area contributed by atoms with Gasteiger partial charge < -0.3 is 14.8 Å². The molecule has 1 aliphatic heterocycles. The lowest BCUT2D eigenvalue weighted by Gasteiger charge is -2.35. The lowest BCUT2D eigenvalue weighted by molar-refractivity contribution is 0.192. The quantitative estimate of drug-likeness (QED) is 0.278. The van der Waals surface area contributed by atoms with Gasteiger partial charge in [-0.05, 0) is 43.3 Å². The Morgan fingerprint density at radius 1 is 1.22 bits per heavy atom. The van der Waals surface area contributed by atoms with Gasteiger partial charge in [-0.25, -0.2) is 4.98 Å². The van der Waals surface area contributed by atoms with Crippen molar-refractivity contribution >= 4 is 17.4 Å². The number of hydrogen-bond donors (Lipinski definition) is 1. The van der Waals surface area contributed by atoms with Gasteiger partial charge in [0.05, 0.1) is 5.56 Å². The van der Waals surface area contributed by atoms with Gasteiger partial charge in [-0.1, -0.05) is 22.8 Å². The molecule has 0 atom stereocenters. The van der Waals surface area contributed by atoms with E-state index in [-0.39, 0.29) is 0 Å². The van der Waals surface area contributed by atoms with Crippen LogP contribution in [0.25, 0.3) is 0 Å². The van der Waals surface area contributed by atoms with Crippen molar-refractivity contribution in [1.29, 1.82) is 0 Å². The summed E-state index contributed by atoms with van der Waals surface area (Å²) in [6.45, 7) is 9.78. The summed E-state index contributed by atoms with van der Waals surface area (Å²) in [5.41, 5.74) is 1.46. The molecule has 1 aromatic heterocycles. The minimum absolute atomic E-state index is 0.402. The molecule has 142 valence electrons. The maximum absolute atomic E-state index is 9.71. The van der Waals surface area contributed by atoms with Crippen LogP contribution in [-0.4, -0.2) is 58.6 Å². The Balaban J connectivity index is 1.84. The van der Waals surface area contributed by atoms with Gasteiger partial charge >= 0.3 is 0 Å². The zero-order chi connectivity index (χ0) is 19.2. The number of piperazine rings is 1. The predicted octanol–water partition coefficient (Wildman–Crippen LogP) is 3.78. The molecule has 27 heavy (non-hydrogen) atoms. The highest BCUT2D eigenvalue weighted by atomic mass is 35.5. The summed E-state index contributed by atoms with van der Waals surface area (Å²) in [6.07, 6.45) is 1.90. The molecule has 0 saturated carbocycles. The number of amidine groups is 1. The molecule has 1 aliphatic rings. The van der Waals surface area contributed by atoms with Gasteiger partial charge in [0, 0.05) is 43.4 Å². The maximum atomic E-state index is 9.71. The van der Waals surface area contributed by atoms with Gasteiger partial charge in [0.2, 0.25) is 5.88 Å². The molecule has 0 bridgehead atoms. The summed E-state index contributed by atoms with van der Waals surface area (Å²) in [5, 5.41) is 13.9. The van der Waals surface area contributed by atoms with Crippen LogP contribution in [0.4, 0.5) is 0 Å². The van der Waals surface area contributed by atoms with Gasteiger partial charge in [-0.15, -0.1) is 6.58 Å². The second-order valence-electron chi connectivity index (χ2n) is 6.36. The Kier molecular flexibility index (Phi) is 6.32. The number of oxime groups is 1. The fourth-order valence-corrected chi connectivity index (χ4v) is 3.13. The van der Waals surface area contributed by atoms with Crippen molar-refractivity contribution in [2.24, 2.45) is 5.16 Å². The van der Waals surface area contributed by atoms with Gasteiger partial charge in [0.1, 0.15) is 5.75 Å². The number of benzene rings is 1. The van der Waals surface area contributed by atoms with Crippen molar-refractivity contribution in [3.05, 3.63) is 65.3 Å². The normalized spacial score (nSPS) is 15.6. The van der Waals surface area contributed by atoms with E-state index in [0.29, 0.717) is 28.1 Å². The highest BCUT2D eigenvalue weighted by molar-refractivity contribution is 6.30. The zero-order valence-electron chi connectivity index (χ0n) is 15.3. The number of aryl methyl sites for hydroxylation is 1. The first kappa shape index (κ1) is 19.2. The standard InChI is InChI=1S/C20H23ClN4O2/c1-3-10-24-11-13-25(14-12-24)19(23-26)18-9-4-15(2)22-20(18)27-17-7-5-16(21)6-8-17/h3-9,26H,1,10-14H2,2H3/b23-19-. The highest BCUT2D eigenvalue weighted by Gasteiger charge is 2.24. The minimum Gasteiger partial charge on any atom is -0.438 e. The molecule has 0 aliphatic carbocycles. The molecule has 0 unspecified atom stereocenters. The van der Waals surface area contributed by atoms with E-state index in [1.54, 1.807) is 24.3 Å². The van der Waals surface area contributed by atoms with Crippen molar-refractivity contribution in [2.75, 3.05) is 32.7 Å². The van der Waals surface area contributed by atoms with E-state index >= 15 is 0 Å². The van der Waals surface area contributed by atoms with Gasteiger partial charge in [-0.3, -0.25) is 4.90 Å². The molecule has 1 N–H and O–H groups in total. The topological polar surface area (TPSA) is 61.2 Å². The molecule has 6 nitrogen and oxygen atoms in total. The average Bonchev–Trinajstić information content (AvgIpc) is 2.67. The van der Waals surface area contributed by atoms with E-state index in [1.807, 2.05) is 30.0 Å². The van der Waals surface area contributed by atoms with Crippen LogP contribution in [0.2, 0.25) is 5.02 Å². The number of pyridine rings is 1. The maximum Gasteiger partial charge on any atom is 0.230 e. The third-order valence-electron chi connectivity index (χ3n) is 4.42. The molecule has 0 spiro atoms. The van der Waals surface area contributed by atoms with Crippen molar-refractivity contribution in [1.82, 2.24) is 14.8 Å². The van der Waals surface area contributed by atoms with Crippen LogP contribution in [0.15, 0.2) is 54.2 Å². The van der Waals surface area contributed by atoms with Gasteiger partial charge in [-0.2, -0.15) is 0 Å². The average molecular weight is 387 g/mol. The molecule has 7 heteroatoms. The van der Waals surface area contributed by atoms with Crippen LogP contribution in [0, 0.1) is 6.92 Å². The molecule has 3 rings (SSSR count). The first-order chi connectivity index (χ1) is 13.1. The number of aromatic nitrogens is 1. The lowest BCUT2D eigenvalue weighted by atomic mass is 10.2. The Hall–Kier alpha value is -2.57. The fraction of sp³-hybridized carbons (Fsp3) is 0.300. The lowest BCUT2D eigenvalue weighted by Crippen LogP contribution is -2.49.